The van der Waals surface area contributed by atoms with Crippen LogP contribution in [0.15, 0.2) is 12.1 Å². The number of aliphatic hydroxyl groups is 1. The van der Waals surface area contributed by atoms with Crippen molar-refractivity contribution in [1.29, 1.82) is 0 Å². The zero-order valence-corrected chi connectivity index (χ0v) is 10.3. The first-order chi connectivity index (χ1) is 8.54. The van der Waals surface area contributed by atoms with Crippen LogP contribution in [-0.4, -0.2) is 35.6 Å². The first kappa shape index (κ1) is 13.2. The molecule has 1 aromatic carbocycles. The van der Waals surface area contributed by atoms with Crippen LogP contribution in [0.2, 0.25) is 5.02 Å². The van der Waals surface area contributed by atoms with Gasteiger partial charge in [0.25, 0.3) is 5.91 Å². The molecule has 1 aromatic rings. The number of likely N-dealkylation sites (tertiary alicyclic amines) is 1. The van der Waals surface area contributed by atoms with Gasteiger partial charge in [-0.3, -0.25) is 4.79 Å². The summed E-state index contributed by atoms with van der Waals surface area (Å²) < 4.78 is 26.7. The molecule has 0 aromatic heterocycles. The van der Waals surface area contributed by atoms with Gasteiger partial charge in [-0.2, -0.15) is 0 Å². The van der Waals surface area contributed by atoms with Gasteiger partial charge in [0.05, 0.1) is 5.56 Å². The molecule has 1 atom stereocenters. The highest BCUT2D eigenvalue weighted by Gasteiger charge is 2.28. The molecule has 1 N–H and O–H groups in total. The zero-order chi connectivity index (χ0) is 13.3. The molecule has 0 aliphatic carbocycles. The Morgan fingerprint density at radius 1 is 1.50 bits per heavy atom. The molecule has 18 heavy (non-hydrogen) atoms. The normalized spacial score (nSPS) is 19.3. The molecule has 0 spiro atoms. The Kier molecular flexibility index (Phi) is 3.82. The highest BCUT2D eigenvalue weighted by atomic mass is 35.5. The molecule has 3 nitrogen and oxygen atoms in total. The maximum atomic E-state index is 13.7. The van der Waals surface area contributed by atoms with Gasteiger partial charge in [0.1, 0.15) is 10.8 Å². The third-order valence-corrected chi connectivity index (χ3v) is 3.44. The zero-order valence-electron chi connectivity index (χ0n) is 9.50. The smallest absolute Gasteiger partial charge is 0.256 e. The highest BCUT2D eigenvalue weighted by Crippen LogP contribution is 2.25. The van der Waals surface area contributed by atoms with Gasteiger partial charge < -0.3 is 10.0 Å². The van der Waals surface area contributed by atoms with Gasteiger partial charge in [-0.05, 0) is 18.6 Å². The van der Waals surface area contributed by atoms with Crippen LogP contribution in [-0.2, 0) is 0 Å². The molecule has 0 saturated carbocycles. The minimum atomic E-state index is -1.03. The minimum Gasteiger partial charge on any atom is -0.396 e. The lowest BCUT2D eigenvalue weighted by Crippen LogP contribution is -2.30. The second kappa shape index (κ2) is 5.20. The number of amides is 1. The molecule has 1 fully saturated rings. The van der Waals surface area contributed by atoms with E-state index in [9.17, 15) is 13.6 Å². The van der Waals surface area contributed by atoms with Crippen LogP contribution in [0, 0.1) is 17.6 Å². The predicted octanol–water partition coefficient (Wildman–Crippen LogP) is 2.07. The number of hydrogen-bond donors (Lipinski definition) is 1. The summed E-state index contributed by atoms with van der Waals surface area (Å²) in [6, 6.07) is 2.06. The number of carbonyl (C=O) groups excluding carboxylic acids is 1. The van der Waals surface area contributed by atoms with Crippen molar-refractivity contribution in [2.24, 2.45) is 5.92 Å². The van der Waals surface area contributed by atoms with Crippen LogP contribution in [0.25, 0.3) is 0 Å². The third-order valence-electron chi connectivity index (χ3n) is 3.10. The number of hydrogen-bond acceptors (Lipinski definition) is 2. The van der Waals surface area contributed by atoms with E-state index in [1.54, 1.807) is 0 Å². The summed E-state index contributed by atoms with van der Waals surface area (Å²) in [5, 5.41) is 8.32. The average molecular weight is 276 g/mol. The van der Waals surface area contributed by atoms with E-state index >= 15 is 0 Å². The van der Waals surface area contributed by atoms with E-state index in [1.165, 1.54) is 4.90 Å². The second-order valence-electron chi connectivity index (χ2n) is 4.31. The Morgan fingerprint density at radius 2 is 2.22 bits per heavy atom. The van der Waals surface area contributed by atoms with E-state index in [0.29, 0.717) is 19.5 Å². The quantitative estimate of drug-likeness (QED) is 0.840. The van der Waals surface area contributed by atoms with Crippen molar-refractivity contribution in [1.82, 2.24) is 4.90 Å². The van der Waals surface area contributed by atoms with E-state index in [2.05, 4.69) is 0 Å². The lowest BCUT2D eigenvalue weighted by atomic mass is 10.1. The molecule has 6 heteroatoms. The summed E-state index contributed by atoms with van der Waals surface area (Å²) in [7, 11) is 0. The molecule has 0 unspecified atom stereocenters. The summed E-state index contributed by atoms with van der Waals surface area (Å²) in [5.74, 6) is -2.42. The standard InChI is InChI=1S/C12H12ClF2NO2/c13-10-9(14)2-1-8(11(10)15)12(18)16-4-3-7(5-16)6-17/h1-2,7,17H,3-6H2/t7-/m0/s1. The van der Waals surface area contributed by atoms with E-state index < -0.39 is 22.6 Å². The molecule has 1 heterocycles. The molecule has 0 radical (unpaired) electrons. The molecule has 2 rings (SSSR count). The maximum Gasteiger partial charge on any atom is 0.256 e. The predicted molar refractivity (Wildman–Crippen MR) is 62.5 cm³/mol. The van der Waals surface area contributed by atoms with Gasteiger partial charge in [-0.25, -0.2) is 8.78 Å². The molecular formula is C12H12ClF2NO2. The third kappa shape index (κ3) is 2.33. The van der Waals surface area contributed by atoms with Crippen LogP contribution in [0.1, 0.15) is 16.8 Å². The number of aliphatic hydroxyl groups excluding tert-OH is 1. The van der Waals surface area contributed by atoms with Crippen molar-refractivity contribution in [2.75, 3.05) is 19.7 Å². The number of halogens is 3. The van der Waals surface area contributed by atoms with E-state index in [-0.39, 0.29) is 18.1 Å². The van der Waals surface area contributed by atoms with Gasteiger partial charge in [-0.1, -0.05) is 11.6 Å². The SMILES string of the molecule is O=C(c1ccc(F)c(Cl)c1F)N1CC[C@H](CO)C1. The van der Waals surface area contributed by atoms with Crippen LogP contribution < -0.4 is 0 Å². The van der Waals surface area contributed by atoms with E-state index in [0.717, 1.165) is 12.1 Å². The Bertz CT molecular complexity index is 481. The number of nitrogens with zero attached hydrogens (tertiary/aromatic N) is 1. The number of benzene rings is 1. The van der Waals surface area contributed by atoms with Gasteiger partial charge in [-0.15, -0.1) is 0 Å². The summed E-state index contributed by atoms with van der Waals surface area (Å²) in [6.07, 6.45) is 0.679. The van der Waals surface area contributed by atoms with Crippen molar-refractivity contribution in [3.05, 3.63) is 34.4 Å². The molecule has 1 saturated heterocycles. The van der Waals surface area contributed by atoms with E-state index in [1.807, 2.05) is 0 Å². The first-order valence-electron chi connectivity index (χ1n) is 5.58. The average Bonchev–Trinajstić information content (AvgIpc) is 2.84. The fraction of sp³-hybridized carbons (Fsp3) is 0.417. The largest absolute Gasteiger partial charge is 0.396 e. The lowest BCUT2D eigenvalue weighted by Gasteiger charge is -2.16. The van der Waals surface area contributed by atoms with Crippen LogP contribution in [0.4, 0.5) is 8.78 Å². The van der Waals surface area contributed by atoms with Crippen molar-refractivity contribution >= 4 is 17.5 Å². The van der Waals surface area contributed by atoms with Crippen molar-refractivity contribution < 1.29 is 18.7 Å². The van der Waals surface area contributed by atoms with Crippen LogP contribution in [0.3, 0.4) is 0 Å². The van der Waals surface area contributed by atoms with Gasteiger partial charge >= 0.3 is 0 Å². The Morgan fingerprint density at radius 3 is 2.83 bits per heavy atom. The molecule has 1 aliphatic rings. The monoisotopic (exact) mass is 275 g/mol. The maximum absolute atomic E-state index is 13.7. The summed E-state index contributed by atoms with van der Waals surface area (Å²) >= 11 is 5.43. The molecule has 1 amide bonds. The van der Waals surface area contributed by atoms with Gasteiger partial charge in [0, 0.05) is 25.6 Å². The topological polar surface area (TPSA) is 40.5 Å². The van der Waals surface area contributed by atoms with E-state index in [4.69, 9.17) is 16.7 Å². The summed E-state index contributed by atoms with van der Waals surface area (Å²) in [5.41, 5.74) is -0.236. The Balaban J connectivity index is 2.22. The van der Waals surface area contributed by atoms with Gasteiger partial charge in [0.15, 0.2) is 5.82 Å². The molecule has 98 valence electrons. The minimum absolute atomic E-state index is 0.00354. The van der Waals surface area contributed by atoms with Crippen LogP contribution >= 0.6 is 11.6 Å². The summed E-state index contributed by atoms with van der Waals surface area (Å²) in [6.45, 7) is 0.832. The number of rotatable bonds is 2. The Hall–Kier alpha value is -1.20. The molecule has 0 bridgehead atoms. The fourth-order valence-electron chi connectivity index (χ4n) is 2.03. The van der Waals surface area contributed by atoms with Crippen molar-refractivity contribution in [3.8, 4) is 0 Å². The fourth-order valence-corrected chi connectivity index (χ4v) is 2.19. The first-order valence-corrected chi connectivity index (χ1v) is 5.96. The number of carbonyl (C=O) groups is 1. The van der Waals surface area contributed by atoms with Gasteiger partial charge in [0.2, 0.25) is 0 Å². The summed E-state index contributed by atoms with van der Waals surface area (Å²) in [4.78, 5) is 13.5. The Labute approximate surface area is 108 Å². The second-order valence-corrected chi connectivity index (χ2v) is 4.69. The van der Waals surface area contributed by atoms with Crippen molar-refractivity contribution in [3.63, 3.8) is 0 Å². The van der Waals surface area contributed by atoms with Crippen molar-refractivity contribution in [2.45, 2.75) is 6.42 Å². The molecule has 1 aliphatic heterocycles. The molecular weight excluding hydrogens is 264 g/mol. The van der Waals surface area contributed by atoms with Crippen LogP contribution in [0.5, 0.6) is 0 Å². The lowest BCUT2D eigenvalue weighted by molar-refractivity contribution is 0.0777. The highest BCUT2D eigenvalue weighted by molar-refractivity contribution is 6.31.